The van der Waals surface area contributed by atoms with Crippen molar-refractivity contribution in [3.63, 3.8) is 0 Å². The first-order chi connectivity index (χ1) is 14.4. The average Bonchev–Trinajstić information content (AvgIpc) is 2.78. The first kappa shape index (κ1) is 21.9. The summed E-state index contributed by atoms with van der Waals surface area (Å²) in [4.78, 5) is 22.0. The molecule has 3 rings (SSSR count). The van der Waals surface area contributed by atoms with E-state index in [0.29, 0.717) is 19.0 Å². The zero-order valence-electron chi connectivity index (χ0n) is 16.7. The molecule has 0 bridgehead atoms. The monoisotopic (exact) mass is 431 g/mol. The molecule has 1 aromatic heterocycles. The Balaban J connectivity index is 1.62. The van der Waals surface area contributed by atoms with Crippen LogP contribution in [0.3, 0.4) is 0 Å². The van der Waals surface area contributed by atoms with Gasteiger partial charge in [0, 0.05) is 32.0 Å². The van der Waals surface area contributed by atoms with Gasteiger partial charge in [0.2, 0.25) is 16.0 Å². The molecule has 0 spiro atoms. The quantitative estimate of drug-likeness (QED) is 0.451. The van der Waals surface area contributed by atoms with Gasteiger partial charge in [-0.3, -0.25) is 10.0 Å². The minimum absolute atomic E-state index is 0.108. The molecule has 30 heavy (non-hydrogen) atoms. The highest BCUT2D eigenvalue weighted by Gasteiger charge is 2.24. The van der Waals surface area contributed by atoms with Crippen molar-refractivity contribution in [1.29, 1.82) is 0 Å². The highest BCUT2D eigenvalue weighted by atomic mass is 32.2. The maximum atomic E-state index is 12.7. The molecule has 1 unspecified atom stereocenters. The van der Waals surface area contributed by atoms with Crippen molar-refractivity contribution in [3.05, 3.63) is 53.9 Å². The van der Waals surface area contributed by atoms with E-state index >= 15 is 0 Å². The number of nitrogens with zero attached hydrogens (tertiary/aromatic N) is 3. The molecular weight excluding hydrogens is 406 g/mol. The van der Waals surface area contributed by atoms with Gasteiger partial charge < -0.3 is 4.90 Å². The van der Waals surface area contributed by atoms with E-state index in [1.54, 1.807) is 23.7 Å². The van der Waals surface area contributed by atoms with Crippen LogP contribution in [0.2, 0.25) is 0 Å². The predicted octanol–water partition coefficient (Wildman–Crippen LogP) is 1.82. The molecular formula is C20H25N5O4S. The van der Waals surface area contributed by atoms with E-state index < -0.39 is 15.9 Å². The molecule has 1 aliphatic heterocycles. The normalized spacial score (nSPS) is 17.3. The maximum absolute atomic E-state index is 12.7. The summed E-state index contributed by atoms with van der Waals surface area (Å²) in [5, 5.41) is 8.67. The van der Waals surface area contributed by atoms with Crippen LogP contribution in [0.1, 0.15) is 35.7 Å². The SMILES string of the molecule is C/C=C\c1cccc(S(=O)(=O)NCC2CCCN(c3ncc(C(=O)NO)cn3)C2)c1. The molecule has 3 N–H and O–H groups in total. The van der Waals surface area contributed by atoms with Crippen molar-refractivity contribution >= 4 is 28.0 Å². The third-order valence-corrected chi connectivity index (χ3v) is 6.31. The van der Waals surface area contributed by atoms with Gasteiger partial charge in [0.1, 0.15) is 0 Å². The maximum Gasteiger partial charge on any atom is 0.277 e. The second kappa shape index (κ2) is 9.79. The molecule has 1 amide bonds. The van der Waals surface area contributed by atoms with Crippen molar-refractivity contribution in [2.45, 2.75) is 24.7 Å². The predicted molar refractivity (Wildman–Crippen MR) is 113 cm³/mol. The van der Waals surface area contributed by atoms with E-state index in [0.717, 1.165) is 24.9 Å². The largest absolute Gasteiger partial charge is 0.341 e. The Hall–Kier alpha value is -2.82. The topological polar surface area (TPSA) is 125 Å². The van der Waals surface area contributed by atoms with Gasteiger partial charge in [-0.05, 0) is 43.4 Å². The Bertz CT molecular complexity index is 1010. The molecule has 2 aromatic rings. The Kier molecular flexibility index (Phi) is 7.14. The van der Waals surface area contributed by atoms with E-state index in [4.69, 9.17) is 5.21 Å². The first-order valence-corrected chi connectivity index (χ1v) is 11.1. The van der Waals surface area contributed by atoms with Gasteiger partial charge >= 0.3 is 0 Å². The number of sulfonamides is 1. The van der Waals surface area contributed by atoms with Crippen molar-refractivity contribution < 1.29 is 18.4 Å². The number of carbonyl (C=O) groups excluding carboxylic acids is 1. The fourth-order valence-corrected chi connectivity index (χ4v) is 4.54. The third-order valence-electron chi connectivity index (χ3n) is 4.89. The third kappa shape index (κ3) is 5.41. The number of allylic oxidation sites excluding steroid dienone is 1. The summed E-state index contributed by atoms with van der Waals surface area (Å²) >= 11 is 0. The number of anilines is 1. The smallest absolute Gasteiger partial charge is 0.277 e. The van der Waals surface area contributed by atoms with Crippen LogP contribution in [-0.4, -0.2) is 49.1 Å². The highest BCUT2D eigenvalue weighted by Crippen LogP contribution is 2.21. The van der Waals surface area contributed by atoms with Crippen LogP contribution in [0.5, 0.6) is 0 Å². The summed E-state index contributed by atoms with van der Waals surface area (Å²) in [6, 6.07) is 6.81. The van der Waals surface area contributed by atoms with Crippen molar-refractivity contribution in [2.24, 2.45) is 5.92 Å². The van der Waals surface area contributed by atoms with E-state index in [2.05, 4.69) is 14.7 Å². The van der Waals surface area contributed by atoms with Gasteiger partial charge in [-0.2, -0.15) is 0 Å². The summed E-state index contributed by atoms with van der Waals surface area (Å²) in [5.41, 5.74) is 2.53. The van der Waals surface area contributed by atoms with Crippen LogP contribution in [0.25, 0.3) is 6.08 Å². The van der Waals surface area contributed by atoms with E-state index in [9.17, 15) is 13.2 Å². The van der Waals surface area contributed by atoms with Crippen LogP contribution in [0.15, 0.2) is 47.6 Å². The van der Waals surface area contributed by atoms with Crippen LogP contribution in [0.4, 0.5) is 5.95 Å². The molecule has 1 aliphatic rings. The van der Waals surface area contributed by atoms with Crippen molar-refractivity contribution in [2.75, 3.05) is 24.5 Å². The Morgan fingerprint density at radius 1 is 1.33 bits per heavy atom. The van der Waals surface area contributed by atoms with E-state index in [-0.39, 0.29) is 16.4 Å². The van der Waals surface area contributed by atoms with Crippen LogP contribution < -0.4 is 15.1 Å². The van der Waals surface area contributed by atoms with Gasteiger partial charge in [-0.25, -0.2) is 28.6 Å². The lowest BCUT2D eigenvalue weighted by atomic mass is 9.99. The Labute approximate surface area is 175 Å². The molecule has 1 aromatic carbocycles. The molecule has 9 nitrogen and oxygen atoms in total. The highest BCUT2D eigenvalue weighted by molar-refractivity contribution is 7.89. The standard InChI is InChI=1S/C20H25N5O4S/c1-2-5-15-6-3-8-18(10-15)30(28,29)23-11-16-7-4-9-25(14-16)20-21-12-17(13-22-20)19(26)24-27/h2-3,5-6,8,10,12-13,16,23,27H,4,7,9,11,14H2,1H3,(H,24,26)/b5-2-. The molecule has 160 valence electrons. The number of benzene rings is 1. The summed E-state index contributed by atoms with van der Waals surface area (Å²) in [6.07, 6.45) is 8.18. The number of piperidine rings is 1. The van der Waals surface area contributed by atoms with Gasteiger partial charge in [0.15, 0.2) is 0 Å². The summed E-state index contributed by atoms with van der Waals surface area (Å²) in [6.45, 7) is 3.55. The molecule has 0 saturated carbocycles. The van der Waals surface area contributed by atoms with E-state index in [1.807, 2.05) is 30.0 Å². The molecule has 0 radical (unpaired) electrons. The number of hydrogen-bond donors (Lipinski definition) is 3. The fraction of sp³-hybridized carbons (Fsp3) is 0.350. The molecule has 2 heterocycles. The zero-order chi connectivity index (χ0) is 21.6. The molecule has 1 saturated heterocycles. The van der Waals surface area contributed by atoms with Gasteiger partial charge in [-0.1, -0.05) is 24.3 Å². The molecule has 1 fully saturated rings. The van der Waals surface area contributed by atoms with Crippen LogP contribution in [-0.2, 0) is 10.0 Å². The zero-order valence-corrected chi connectivity index (χ0v) is 17.5. The Morgan fingerprint density at radius 2 is 2.10 bits per heavy atom. The van der Waals surface area contributed by atoms with Crippen LogP contribution >= 0.6 is 0 Å². The second-order valence-corrected chi connectivity index (χ2v) is 8.86. The van der Waals surface area contributed by atoms with Gasteiger partial charge in [0.05, 0.1) is 10.5 Å². The summed E-state index contributed by atoms with van der Waals surface area (Å²) in [5.74, 6) is -0.0988. The first-order valence-electron chi connectivity index (χ1n) is 9.67. The number of amides is 1. The Morgan fingerprint density at radius 3 is 2.80 bits per heavy atom. The number of carbonyl (C=O) groups is 1. The lowest BCUT2D eigenvalue weighted by Gasteiger charge is -2.32. The van der Waals surface area contributed by atoms with Crippen molar-refractivity contribution in [1.82, 2.24) is 20.2 Å². The summed E-state index contributed by atoms with van der Waals surface area (Å²) < 4.78 is 28.1. The molecule has 1 atom stereocenters. The lowest BCUT2D eigenvalue weighted by Crippen LogP contribution is -2.41. The van der Waals surface area contributed by atoms with Crippen LogP contribution in [0, 0.1) is 5.92 Å². The number of hydrogen-bond acceptors (Lipinski definition) is 7. The minimum atomic E-state index is -3.60. The average molecular weight is 432 g/mol. The summed E-state index contributed by atoms with van der Waals surface area (Å²) in [7, 11) is -3.60. The van der Waals surface area contributed by atoms with Crippen molar-refractivity contribution in [3.8, 4) is 0 Å². The minimum Gasteiger partial charge on any atom is -0.341 e. The van der Waals surface area contributed by atoms with Gasteiger partial charge in [-0.15, -0.1) is 0 Å². The van der Waals surface area contributed by atoms with Gasteiger partial charge in [0.25, 0.3) is 5.91 Å². The number of aromatic nitrogens is 2. The number of hydroxylamine groups is 1. The molecule has 10 heteroatoms. The number of nitrogens with one attached hydrogen (secondary N) is 2. The molecule has 0 aliphatic carbocycles. The second-order valence-electron chi connectivity index (χ2n) is 7.09. The number of rotatable bonds is 7. The van der Waals surface area contributed by atoms with E-state index in [1.165, 1.54) is 12.4 Å². The fourth-order valence-electron chi connectivity index (χ4n) is 3.37. The lowest BCUT2D eigenvalue weighted by molar-refractivity contribution is 0.0705.